The van der Waals surface area contributed by atoms with Gasteiger partial charge in [-0.25, -0.2) is 9.59 Å². The lowest BCUT2D eigenvalue weighted by Gasteiger charge is -2.08. The summed E-state index contributed by atoms with van der Waals surface area (Å²) in [6.07, 6.45) is 0.601. The van der Waals surface area contributed by atoms with Crippen molar-refractivity contribution in [1.29, 1.82) is 0 Å². The number of rotatable bonds is 6. The fourth-order valence-electron chi connectivity index (χ4n) is 2.89. The van der Waals surface area contributed by atoms with Crippen LogP contribution in [0.15, 0.2) is 30.3 Å². The van der Waals surface area contributed by atoms with E-state index in [2.05, 4.69) is 0 Å². The average molecular weight is 329 g/mol. The number of carbonyl (C=O) groups excluding carboxylic acids is 2. The van der Waals surface area contributed by atoms with E-state index in [9.17, 15) is 9.59 Å². The summed E-state index contributed by atoms with van der Waals surface area (Å²) in [5, 5.41) is 0. The molecular formula is C19H23NO4. The van der Waals surface area contributed by atoms with Crippen LogP contribution in [0.1, 0.15) is 47.3 Å². The van der Waals surface area contributed by atoms with Gasteiger partial charge in [-0.2, -0.15) is 0 Å². The van der Waals surface area contributed by atoms with Gasteiger partial charge in [0.05, 0.1) is 18.8 Å². The van der Waals surface area contributed by atoms with Gasteiger partial charge in [-0.3, -0.25) is 0 Å². The zero-order chi connectivity index (χ0) is 17.7. The number of esters is 2. The van der Waals surface area contributed by atoms with Crippen LogP contribution in [-0.4, -0.2) is 29.7 Å². The standard InChI is InChI=1S/C19H23NO4/c1-5-14-16(18(21)23-6-2)15(13-11-9-8-10-12-13)17(20(14)4)19(22)24-7-3/h8-12H,5-7H2,1-4H3. The Morgan fingerprint density at radius 1 is 0.958 bits per heavy atom. The molecule has 0 unspecified atom stereocenters. The molecule has 0 aliphatic carbocycles. The number of nitrogens with zero attached hydrogens (tertiary/aromatic N) is 1. The number of benzene rings is 1. The van der Waals surface area contributed by atoms with Gasteiger partial charge in [0.15, 0.2) is 0 Å². The molecule has 0 spiro atoms. The molecule has 24 heavy (non-hydrogen) atoms. The first kappa shape index (κ1) is 17.8. The Kier molecular flexibility index (Phi) is 5.79. The molecule has 1 heterocycles. The molecule has 0 amide bonds. The van der Waals surface area contributed by atoms with Gasteiger partial charge in [-0.15, -0.1) is 0 Å². The molecule has 0 N–H and O–H groups in total. The van der Waals surface area contributed by atoms with Crippen LogP contribution in [0.5, 0.6) is 0 Å². The maximum atomic E-state index is 12.6. The van der Waals surface area contributed by atoms with E-state index in [1.165, 1.54) is 0 Å². The molecule has 5 heteroatoms. The van der Waals surface area contributed by atoms with Gasteiger partial charge in [-0.1, -0.05) is 37.3 Å². The number of carbonyl (C=O) groups is 2. The van der Waals surface area contributed by atoms with E-state index in [1.807, 2.05) is 37.3 Å². The molecule has 0 saturated carbocycles. The second-order valence-corrected chi connectivity index (χ2v) is 5.26. The third kappa shape index (κ3) is 3.20. The van der Waals surface area contributed by atoms with Gasteiger partial charge >= 0.3 is 11.9 Å². The molecule has 0 radical (unpaired) electrons. The summed E-state index contributed by atoms with van der Waals surface area (Å²) in [6.45, 7) is 6.02. The van der Waals surface area contributed by atoms with Crippen LogP contribution < -0.4 is 0 Å². The highest BCUT2D eigenvalue weighted by atomic mass is 16.5. The van der Waals surface area contributed by atoms with Crippen LogP contribution in [0.4, 0.5) is 0 Å². The van der Waals surface area contributed by atoms with Crippen LogP contribution in [-0.2, 0) is 22.9 Å². The molecule has 1 aromatic heterocycles. The van der Waals surface area contributed by atoms with Crippen molar-refractivity contribution < 1.29 is 19.1 Å². The summed E-state index contributed by atoms with van der Waals surface area (Å²) < 4.78 is 12.2. The van der Waals surface area contributed by atoms with Crippen LogP contribution in [0.25, 0.3) is 11.1 Å². The van der Waals surface area contributed by atoms with Crippen LogP contribution >= 0.6 is 0 Å². The molecule has 5 nitrogen and oxygen atoms in total. The summed E-state index contributed by atoms with van der Waals surface area (Å²) in [7, 11) is 1.78. The number of aromatic nitrogens is 1. The molecular weight excluding hydrogens is 306 g/mol. The first-order valence-electron chi connectivity index (χ1n) is 8.17. The lowest BCUT2D eigenvalue weighted by Crippen LogP contribution is -2.12. The Hall–Kier alpha value is -2.56. The van der Waals surface area contributed by atoms with Crippen molar-refractivity contribution in [3.8, 4) is 11.1 Å². The Morgan fingerprint density at radius 3 is 2.08 bits per heavy atom. The summed E-state index contributed by atoms with van der Waals surface area (Å²) >= 11 is 0. The minimum atomic E-state index is -0.441. The second kappa shape index (κ2) is 7.81. The Bertz CT molecular complexity index is 732. The van der Waals surface area contributed by atoms with Gasteiger partial charge in [0, 0.05) is 18.3 Å². The van der Waals surface area contributed by atoms with Crippen molar-refractivity contribution in [1.82, 2.24) is 4.57 Å². The van der Waals surface area contributed by atoms with Crippen LogP contribution in [0.2, 0.25) is 0 Å². The SMILES string of the molecule is CCOC(=O)c1c(-c2ccccc2)c(C(=O)OCC)n(C)c1CC. The highest BCUT2D eigenvalue weighted by molar-refractivity contribution is 6.07. The van der Waals surface area contributed by atoms with Gasteiger partial charge in [0.2, 0.25) is 0 Å². The van der Waals surface area contributed by atoms with Crippen LogP contribution in [0.3, 0.4) is 0 Å². The first-order chi connectivity index (χ1) is 11.6. The molecule has 2 aromatic rings. The second-order valence-electron chi connectivity index (χ2n) is 5.26. The van der Waals surface area contributed by atoms with Crippen molar-refractivity contribution >= 4 is 11.9 Å². The predicted molar refractivity (Wildman–Crippen MR) is 92.1 cm³/mol. The summed E-state index contributed by atoms with van der Waals surface area (Å²) in [5.74, 6) is -0.858. The predicted octanol–water partition coefficient (Wildman–Crippen LogP) is 3.61. The third-order valence-corrected chi connectivity index (χ3v) is 3.86. The lowest BCUT2D eigenvalue weighted by atomic mass is 9.99. The summed E-state index contributed by atoms with van der Waals surface area (Å²) in [5.41, 5.74) is 2.94. The minimum Gasteiger partial charge on any atom is -0.462 e. The summed E-state index contributed by atoms with van der Waals surface area (Å²) in [4.78, 5) is 25.1. The van der Waals surface area contributed by atoms with Crippen molar-refractivity contribution in [2.75, 3.05) is 13.2 Å². The van der Waals surface area contributed by atoms with E-state index in [1.54, 1.807) is 25.5 Å². The molecule has 0 atom stereocenters. The Labute approximate surface area is 142 Å². The number of ether oxygens (including phenoxy) is 2. The molecule has 128 valence electrons. The maximum Gasteiger partial charge on any atom is 0.355 e. The first-order valence-corrected chi connectivity index (χ1v) is 8.17. The van der Waals surface area contributed by atoms with E-state index in [0.717, 1.165) is 11.3 Å². The Morgan fingerprint density at radius 2 is 1.54 bits per heavy atom. The van der Waals surface area contributed by atoms with E-state index >= 15 is 0 Å². The summed E-state index contributed by atoms with van der Waals surface area (Å²) in [6, 6.07) is 9.39. The van der Waals surface area contributed by atoms with Crippen molar-refractivity contribution in [2.45, 2.75) is 27.2 Å². The molecule has 0 bridgehead atoms. The Balaban J connectivity index is 2.79. The lowest BCUT2D eigenvalue weighted by molar-refractivity contribution is 0.0513. The zero-order valence-corrected chi connectivity index (χ0v) is 14.6. The molecule has 0 aliphatic heterocycles. The largest absolute Gasteiger partial charge is 0.462 e. The topological polar surface area (TPSA) is 57.5 Å². The van der Waals surface area contributed by atoms with Crippen LogP contribution in [0, 0.1) is 0 Å². The normalized spacial score (nSPS) is 10.5. The van der Waals surface area contributed by atoms with Gasteiger partial charge in [0.25, 0.3) is 0 Å². The van der Waals surface area contributed by atoms with E-state index < -0.39 is 11.9 Å². The highest BCUT2D eigenvalue weighted by Gasteiger charge is 2.30. The average Bonchev–Trinajstić information content (AvgIpc) is 2.88. The van der Waals surface area contributed by atoms with E-state index in [0.29, 0.717) is 23.2 Å². The highest BCUT2D eigenvalue weighted by Crippen LogP contribution is 2.34. The molecule has 1 aromatic carbocycles. The molecule has 0 saturated heterocycles. The fourth-order valence-corrected chi connectivity index (χ4v) is 2.89. The third-order valence-electron chi connectivity index (χ3n) is 3.86. The van der Waals surface area contributed by atoms with E-state index in [4.69, 9.17) is 9.47 Å². The van der Waals surface area contributed by atoms with Crippen molar-refractivity contribution in [2.24, 2.45) is 7.05 Å². The molecule has 0 aliphatic rings. The van der Waals surface area contributed by atoms with Gasteiger partial charge in [-0.05, 0) is 25.8 Å². The monoisotopic (exact) mass is 329 g/mol. The smallest absolute Gasteiger partial charge is 0.355 e. The molecule has 2 rings (SSSR count). The van der Waals surface area contributed by atoms with E-state index in [-0.39, 0.29) is 13.2 Å². The minimum absolute atomic E-state index is 0.272. The maximum absolute atomic E-state index is 12.6. The zero-order valence-electron chi connectivity index (χ0n) is 14.6. The number of hydrogen-bond donors (Lipinski definition) is 0. The van der Waals surface area contributed by atoms with Crippen molar-refractivity contribution in [3.05, 3.63) is 47.3 Å². The van der Waals surface area contributed by atoms with Gasteiger partial charge in [0.1, 0.15) is 5.69 Å². The van der Waals surface area contributed by atoms with Crippen molar-refractivity contribution in [3.63, 3.8) is 0 Å². The number of hydrogen-bond acceptors (Lipinski definition) is 4. The fraction of sp³-hybridized carbons (Fsp3) is 0.368. The van der Waals surface area contributed by atoms with Gasteiger partial charge < -0.3 is 14.0 Å². The quantitative estimate of drug-likeness (QED) is 0.760. The molecule has 0 fully saturated rings.